The van der Waals surface area contributed by atoms with Crippen molar-refractivity contribution in [1.29, 1.82) is 0 Å². The number of aryl methyl sites for hydroxylation is 1. The van der Waals surface area contributed by atoms with Gasteiger partial charge in [0.1, 0.15) is 0 Å². The fraction of sp³-hybridized carbons (Fsp3) is 0.533. The van der Waals surface area contributed by atoms with Crippen LogP contribution in [0.1, 0.15) is 11.1 Å². The van der Waals surface area contributed by atoms with Crippen molar-refractivity contribution >= 4 is 29.1 Å². The van der Waals surface area contributed by atoms with Crippen molar-refractivity contribution in [2.45, 2.75) is 18.4 Å². The molecule has 1 saturated heterocycles. The average Bonchev–Trinajstić information content (AvgIpc) is 2.69. The van der Waals surface area contributed by atoms with Gasteiger partial charge in [-0.05, 0) is 30.8 Å². The van der Waals surface area contributed by atoms with Gasteiger partial charge in [-0.1, -0.05) is 17.7 Å². The number of thiocarbonyl (C=S) groups is 1. The molecule has 1 fully saturated rings. The van der Waals surface area contributed by atoms with Crippen LogP contribution in [0, 0.1) is 6.92 Å². The van der Waals surface area contributed by atoms with E-state index in [1.165, 1.54) is 16.0 Å². The minimum Gasteiger partial charge on any atom is -0.347 e. The summed E-state index contributed by atoms with van der Waals surface area (Å²) in [6.45, 7) is 8.30. The first-order chi connectivity index (χ1) is 9.74. The van der Waals surface area contributed by atoms with Crippen molar-refractivity contribution in [3.05, 3.63) is 29.3 Å². The highest BCUT2D eigenvalue weighted by molar-refractivity contribution is 7.99. The number of hydrogen-bond acceptors (Lipinski definition) is 3. The topological polar surface area (TPSA) is 18.5 Å². The summed E-state index contributed by atoms with van der Waals surface area (Å²) in [5.74, 6) is 1.11. The SMILES string of the molecule is Cc1ccc2c(c1)CN(C(=S)N1CCNCC1)CCS2. The Morgan fingerprint density at radius 3 is 2.80 bits per heavy atom. The molecule has 20 heavy (non-hydrogen) atoms. The van der Waals surface area contributed by atoms with Crippen LogP contribution in [0.25, 0.3) is 0 Å². The predicted octanol–water partition coefficient (Wildman–Crippen LogP) is 2.09. The summed E-state index contributed by atoms with van der Waals surface area (Å²) >= 11 is 7.68. The van der Waals surface area contributed by atoms with Gasteiger partial charge < -0.3 is 15.1 Å². The van der Waals surface area contributed by atoms with Crippen molar-refractivity contribution in [2.24, 2.45) is 0 Å². The van der Waals surface area contributed by atoms with E-state index in [1.807, 2.05) is 11.8 Å². The van der Waals surface area contributed by atoms with E-state index in [-0.39, 0.29) is 0 Å². The largest absolute Gasteiger partial charge is 0.347 e. The van der Waals surface area contributed by atoms with Crippen LogP contribution >= 0.6 is 24.0 Å². The molecule has 0 aliphatic carbocycles. The lowest BCUT2D eigenvalue weighted by molar-refractivity contribution is 0.302. The molecule has 2 aliphatic rings. The molecular formula is C15H21N3S2. The Hall–Kier alpha value is -0.780. The van der Waals surface area contributed by atoms with Gasteiger partial charge in [-0.2, -0.15) is 0 Å². The molecule has 108 valence electrons. The van der Waals surface area contributed by atoms with E-state index in [9.17, 15) is 0 Å². The van der Waals surface area contributed by atoms with Crippen LogP contribution in [-0.2, 0) is 6.54 Å². The maximum Gasteiger partial charge on any atom is 0.171 e. The molecule has 0 bridgehead atoms. The standard InChI is InChI=1S/C15H21N3S2/c1-12-2-3-14-13(10-12)11-18(8-9-20-14)15(19)17-6-4-16-5-7-17/h2-3,10,16H,4-9,11H2,1H3. The number of thioether (sulfide) groups is 1. The molecule has 0 aromatic heterocycles. The zero-order chi connectivity index (χ0) is 13.9. The van der Waals surface area contributed by atoms with E-state index in [2.05, 4.69) is 40.2 Å². The molecule has 5 heteroatoms. The number of hydrogen-bond donors (Lipinski definition) is 1. The Balaban J connectivity index is 1.75. The minimum atomic E-state index is 0.951. The fourth-order valence-corrected chi connectivity index (χ4v) is 4.09. The zero-order valence-electron chi connectivity index (χ0n) is 11.9. The highest BCUT2D eigenvalue weighted by Crippen LogP contribution is 2.28. The number of benzene rings is 1. The molecule has 1 aromatic rings. The molecule has 1 aromatic carbocycles. The molecule has 0 amide bonds. The fourth-order valence-electron chi connectivity index (χ4n) is 2.74. The third-order valence-electron chi connectivity index (χ3n) is 3.85. The van der Waals surface area contributed by atoms with Gasteiger partial charge in [0, 0.05) is 49.9 Å². The lowest BCUT2D eigenvalue weighted by Crippen LogP contribution is -2.51. The van der Waals surface area contributed by atoms with Crippen LogP contribution in [-0.4, -0.2) is 53.4 Å². The normalized spacial score (nSPS) is 19.4. The van der Waals surface area contributed by atoms with E-state index in [4.69, 9.17) is 12.2 Å². The Labute approximate surface area is 130 Å². The summed E-state index contributed by atoms with van der Waals surface area (Å²) in [5.41, 5.74) is 2.75. The summed E-state index contributed by atoms with van der Waals surface area (Å²) in [6, 6.07) is 6.77. The predicted molar refractivity (Wildman–Crippen MR) is 89.4 cm³/mol. The first-order valence-corrected chi connectivity index (χ1v) is 8.60. The van der Waals surface area contributed by atoms with Crippen LogP contribution in [0.4, 0.5) is 0 Å². The molecule has 0 atom stereocenters. The van der Waals surface area contributed by atoms with Crippen molar-refractivity contribution in [3.8, 4) is 0 Å². The van der Waals surface area contributed by atoms with E-state index >= 15 is 0 Å². The molecular weight excluding hydrogens is 286 g/mol. The van der Waals surface area contributed by atoms with E-state index in [1.54, 1.807) is 0 Å². The zero-order valence-corrected chi connectivity index (χ0v) is 13.5. The Morgan fingerprint density at radius 2 is 2.00 bits per heavy atom. The number of rotatable bonds is 0. The number of piperazine rings is 1. The van der Waals surface area contributed by atoms with Gasteiger partial charge in [0.2, 0.25) is 0 Å². The maximum atomic E-state index is 5.73. The first-order valence-electron chi connectivity index (χ1n) is 7.21. The number of fused-ring (bicyclic) bond motifs is 1. The summed E-state index contributed by atoms with van der Waals surface area (Å²) in [6.07, 6.45) is 0. The summed E-state index contributed by atoms with van der Waals surface area (Å²) in [7, 11) is 0. The van der Waals surface area contributed by atoms with Crippen LogP contribution in [0.5, 0.6) is 0 Å². The molecule has 2 aliphatic heterocycles. The van der Waals surface area contributed by atoms with Gasteiger partial charge in [-0.3, -0.25) is 0 Å². The summed E-state index contributed by atoms with van der Waals surface area (Å²) < 4.78 is 0. The van der Waals surface area contributed by atoms with Crippen LogP contribution in [0.2, 0.25) is 0 Å². The van der Waals surface area contributed by atoms with Gasteiger partial charge in [0.15, 0.2) is 5.11 Å². The van der Waals surface area contributed by atoms with E-state index in [0.29, 0.717) is 0 Å². The van der Waals surface area contributed by atoms with Crippen LogP contribution in [0.3, 0.4) is 0 Å². The molecule has 0 unspecified atom stereocenters. The highest BCUT2D eigenvalue weighted by Gasteiger charge is 2.22. The molecule has 0 saturated carbocycles. The molecule has 0 spiro atoms. The van der Waals surface area contributed by atoms with Gasteiger partial charge in [-0.25, -0.2) is 0 Å². The molecule has 1 N–H and O–H groups in total. The second kappa shape index (κ2) is 6.33. The quantitative estimate of drug-likeness (QED) is 0.738. The summed E-state index contributed by atoms with van der Waals surface area (Å²) in [4.78, 5) is 6.14. The second-order valence-electron chi connectivity index (χ2n) is 5.40. The van der Waals surface area contributed by atoms with Gasteiger partial charge >= 0.3 is 0 Å². The van der Waals surface area contributed by atoms with Crippen molar-refractivity contribution in [2.75, 3.05) is 38.5 Å². The number of nitrogens with one attached hydrogen (secondary N) is 1. The monoisotopic (exact) mass is 307 g/mol. The third-order valence-corrected chi connectivity index (χ3v) is 5.47. The Bertz CT molecular complexity index is 498. The third kappa shape index (κ3) is 3.10. The average molecular weight is 307 g/mol. The Kier molecular flexibility index (Phi) is 4.48. The highest BCUT2D eigenvalue weighted by atomic mass is 32.2. The lowest BCUT2D eigenvalue weighted by Gasteiger charge is -2.35. The molecule has 0 radical (unpaired) electrons. The smallest absolute Gasteiger partial charge is 0.171 e. The van der Waals surface area contributed by atoms with Crippen molar-refractivity contribution < 1.29 is 0 Å². The minimum absolute atomic E-state index is 0.951. The maximum absolute atomic E-state index is 5.73. The van der Waals surface area contributed by atoms with Crippen LogP contribution < -0.4 is 5.32 Å². The second-order valence-corrected chi connectivity index (χ2v) is 6.90. The Morgan fingerprint density at radius 1 is 1.20 bits per heavy atom. The van der Waals surface area contributed by atoms with Gasteiger partial charge in [0.25, 0.3) is 0 Å². The van der Waals surface area contributed by atoms with Crippen molar-refractivity contribution in [1.82, 2.24) is 15.1 Å². The first kappa shape index (κ1) is 14.2. The van der Waals surface area contributed by atoms with E-state index in [0.717, 1.165) is 50.1 Å². The molecule has 3 rings (SSSR count). The van der Waals surface area contributed by atoms with Gasteiger partial charge in [-0.15, -0.1) is 11.8 Å². The van der Waals surface area contributed by atoms with Crippen LogP contribution in [0.15, 0.2) is 23.1 Å². The molecule has 2 heterocycles. The van der Waals surface area contributed by atoms with E-state index < -0.39 is 0 Å². The van der Waals surface area contributed by atoms with Gasteiger partial charge in [0.05, 0.1) is 0 Å². The lowest BCUT2D eigenvalue weighted by atomic mass is 10.1. The summed E-state index contributed by atoms with van der Waals surface area (Å²) in [5, 5.41) is 4.41. The molecule has 3 nitrogen and oxygen atoms in total. The number of nitrogens with zero attached hydrogens (tertiary/aromatic N) is 2. The van der Waals surface area contributed by atoms with Crippen molar-refractivity contribution in [3.63, 3.8) is 0 Å².